The van der Waals surface area contributed by atoms with Crippen molar-refractivity contribution in [2.45, 2.75) is 62.9 Å². The first-order valence-corrected chi connectivity index (χ1v) is 11.0. The number of benzene rings is 1. The zero-order valence-corrected chi connectivity index (χ0v) is 19.1. The van der Waals surface area contributed by atoms with E-state index in [0.29, 0.717) is 12.0 Å². The molecule has 5 atom stereocenters. The Balaban J connectivity index is 2.08. The summed E-state index contributed by atoms with van der Waals surface area (Å²) in [7, 11) is 0. The molecule has 1 aromatic rings. The van der Waals surface area contributed by atoms with E-state index in [0.717, 1.165) is 4.90 Å². The van der Waals surface area contributed by atoms with E-state index in [-0.39, 0.29) is 25.1 Å². The van der Waals surface area contributed by atoms with E-state index in [1.54, 1.807) is 12.1 Å². The molecule has 192 valence electrons. The van der Waals surface area contributed by atoms with E-state index in [1.165, 1.54) is 19.1 Å². The van der Waals surface area contributed by atoms with Gasteiger partial charge in [0.25, 0.3) is 0 Å². The zero-order chi connectivity index (χ0) is 26.3. The maximum Gasteiger partial charge on any atom is 0.326 e. The van der Waals surface area contributed by atoms with Crippen molar-refractivity contribution in [3.05, 3.63) is 29.8 Å². The Kier molecular flexibility index (Phi) is 9.54. The van der Waals surface area contributed by atoms with Crippen molar-refractivity contribution in [2.75, 3.05) is 6.54 Å². The normalized spacial score (nSPS) is 18.7. The van der Waals surface area contributed by atoms with Crippen LogP contribution in [0.15, 0.2) is 24.3 Å². The fourth-order valence-electron chi connectivity index (χ4n) is 3.75. The van der Waals surface area contributed by atoms with Crippen molar-refractivity contribution in [1.82, 2.24) is 15.5 Å². The Labute approximate surface area is 200 Å². The maximum absolute atomic E-state index is 13.1. The van der Waals surface area contributed by atoms with Crippen LogP contribution in [0, 0.1) is 0 Å². The molecular weight excluding hydrogens is 464 g/mol. The van der Waals surface area contributed by atoms with Crippen LogP contribution in [-0.2, 0) is 30.4 Å². The number of aliphatic carboxylic acids is 2. The highest BCUT2D eigenvalue weighted by Crippen LogP contribution is 2.20. The van der Waals surface area contributed by atoms with Gasteiger partial charge >= 0.3 is 11.9 Å². The number of nitrogens with one attached hydrogen (secondary N) is 2. The van der Waals surface area contributed by atoms with Gasteiger partial charge in [-0.1, -0.05) is 12.1 Å². The number of amides is 3. The van der Waals surface area contributed by atoms with Crippen LogP contribution >= 0.6 is 0 Å². The first-order valence-electron chi connectivity index (χ1n) is 11.0. The first kappa shape index (κ1) is 27.5. The van der Waals surface area contributed by atoms with Crippen molar-refractivity contribution in [3.8, 4) is 5.75 Å². The van der Waals surface area contributed by atoms with Crippen LogP contribution in [0.5, 0.6) is 5.75 Å². The number of phenols is 1. The van der Waals surface area contributed by atoms with Gasteiger partial charge in [-0.2, -0.15) is 0 Å². The Morgan fingerprint density at radius 3 is 2.29 bits per heavy atom. The second-order valence-corrected chi connectivity index (χ2v) is 8.39. The molecule has 0 spiro atoms. The molecular formula is C22H30N4O9. The van der Waals surface area contributed by atoms with E-state index in [9.17, 15) is 34.2 Å². The second-order valence-electron chi connectivity index (χ2n) is 8.39. The number of rotatable bonds is 11. The number of carbonyl (C=O) groups excluding carboxylic acids is 3. The summed E-state index contributed by atoms with van der Waals surface area (Å²) in [5.74, 6) is -5.22. The number of nitrogens with zero attached hydrogens (tertiary/aromatic N) is 1. The Morgan fingerprint density at radius 1 is 1.11 bits per heavy atom. The number of carbonyl (C=O) groups is 5. The monoisotopic (exact) mass is 494 g/mol. The average Bonchev–Trinajstić information content (AvgIpc) is 3.27. The number of aliphatic hydroxyl groups excluding tert-OH is 1. The van der Waals surface area contributed by atoms with Gasteiger partial charge < -0.3 is 41.7 Å². The predicted molar refractivity (Wildman–Crippen MR) is 120 cm³/mol. The van der Waals surface area contributed by atoms with Gasteiger partial charge in [0.2, 0.25) is 17.7 Å². The number of carboxylic acid groups (broad SMARTS) is 2. The molecule has 1 aromatic carbocycles. The summed E-state index contributed by atoms with van der Waals surface area (Å²) in [6.45, 7) is 1.40. The van der Waals surface area contributed by atoms with Crippen LogP contribution in [0.1, 0.15) is 31.7 Å². The van der Waals surface area contributed by atoms with E-state index in [2.05, 4.69) is 10.6 Å². The van der Waals surface area contributed by atoms with Crippen LogP contribution in [0.3, 0.4) is 0 Å². The second kappa shape index (κ2) is 12.1. The van der Waals surface area contributed by atoms with Crippen molar-refractivity contribution < 1.29 is 44.4 Å². The molecule has 13 heteroatoms. The van der Waals surface area contributed by atoms with Gasteiger partial charge in [0.15, 0.2) is 0 Å². The van der Waals surface area contributed by atoms with Crippen LogP contribution in [0.4, 0.5) is 0 Å². The summed E-state index contributed by atoms with van der Waals surface area (Å²) in [5, 5.41) is 42.1. The van der Waals surface area contributed by atoms with Crippen LogP contribution in [-0.4, -0.2) is 91.8 Å². The minimum absolute atomic E-state index is 0.0494. The molecule has 1 saturated heterocycles. The van der Waals surface area contributed by atoms with E-state index >= 15 is 0 Å². The highest BCUT2D eigenvalue weighted by atomic mass is 16.4. The lowest BCUT2D eigenvalue weighted by atomic mass is 10.0. The van der Waals surface area contributed by atoms with Gasteiger partial charge in [-0.25, -0.2) is 4.79 Å². The number of aromatic hydroxyl groups is 1. The molecule has 0 radical (unpaired) electrons. The standard InChI is InChI=1S/C22H30N4O9/c1-11(27)18(25-19(31)14(23)9-12-4-6-13(28)7-5-12)21(33)26-8-2-3-16(26)20(32)24-15(22(34)35)10-17(29)30/h4-7,11,14-16,18,27-28H,2-3,8-10,23H2,1H3,(H,24,32)(H,25,31)(H,29,30)(H,34,35). The Hall–Kier alpha value is -3.71. The molecule has 3 amide bonds. The smallest absolute Gasteiger partial charge is 0.326 e. The number of phenolic OH excluding ortho intramolecular Hbond substituents is 1. The lowest BCUT2D eigenvalue weighted by molar-refractivity contribution is -0.149. The lowest BCUT2D eigenvalue weighted by Gasteiger charge is -2.31. The largest absolute Gasteiger partial charge is 0.508 e. The van der Waals surface area contributed by atoms with Gasteiger partial charge in [0.05, 0.1) is 18.6 Å². The minimum Gasteiger partial charge on any atom is -0.508 e. The van der Waals surface area contributed by atoms with E-state index in [4.69, 9.17) is 15.9 Å². The summed E-state index contributed by atoms with van der Waals surface area (Å²) < 4.78 is 0. The summed E-state index contributed by atoms with van der Waals surface area (Å²) in [5.41, 5.74) is 6.60. The van der Waals surface area contributed by atoms with Crippen molar-refractivity contribution in [2.24, 2.45) is 5.73 Å². The fraction of sp³-hybridized carbons (Fsp3) is 0.500. The number of hydrogen-bond donors (Lipinski definition) is 7. The van der Waals surface area contributed by atoms with E-state index in [1.807, 2.05) is 0 Å². The number of aliphatic hydroxyl groups is 1. The van der Waals surface area contributed by atoms with Gasteiger partial charge in [-0.15, -0.1) is 0 Å². The summed E-state index contributed by atoms with van der Waals surface area (Å²) in [6.07, 6.45) is -1.48. The summed E-state index contributed by atoms with van der Waals surface area (Å²) in [6, 6.07) is 0.779. The molecule has 1 fully saturated rings. The third kappa shape index (κ3) is 7.65. The number of hydrogen-bond acceptors (Lipinski definition) is 8. The SMILES string of the molecule is CC(O)C(NC(=O)C(N)Cc1ccc(O)cc1)C(=O)N1CCCC1C(=O)NC(CC(=O)O)C(=O)O. The number of carboxylic acids is 2. The zero-order valence-electron chi connectivity index (χ0n) is 19.1. The summed E-state index contributed by atoms with van der Waals surface area (Å²) in [4.78, 5) is 61.7. The molecule has 8 N–H and O–H groups in total. The van der Waals surface area contributed by atoms with E-state index < -0.39 is 66.4 Å². The molecule has 0 saturated carbocycles. The summed E-state index contributed by atoms with van der Waals surface area (Å²) >= 11 is 0. The number of nitrogens with two attached hydrogens (primary N) is 1. The van der Waals surface area contributed by atoms with Gasteiger partial charge in [0, 0.05) is 6.54 Å². The van der Waals surface area contributed by atoms with Gasteiger partial charge in [0.1, 0.15) is 23.9 Å². The maximum atomic E-state index is 13.1. The lowest BCUT2D eigenvalue weighted by Crippen LogP contribution is -2.59. The molecule has 1 aliphatic heterocycles. The van der Waals surface area contributed by atoms with Crippen molar-refractivity contribution in [3.63, 3.8) is 0 Å². The third-order valence-corrected chi connectivity index (χ3v) is 5.61. The van der Waals surface area contributed by atoms with Crippen LogP contribution < -0.4 is 16.4 Å². The minimum atomic E-state index is -1.68. The highest BCUT2D eigenvalue weighted by molar-refractivity contribution is 5.95. The molecule has 0 aromatic heterocycles. The first-order chi connectivity index (χ1) is 16.4. The van der Waals surface area contributed by atoms with Gasteiger partial charge in [-0.05, 0) is 43.9 Å². The van der Waals surface area contributed by atoms with Crippen LogP contribution in [0.2, 0.25) is 0 Å². The molecule has 0 aliphatic carbocycles. The van der Waals surface area contributed by atoms with Gasteiger partial charge in [-0.3, -0.25) is 19.2 Å². The molecule has 1 aliphatic rings. The predicted octanol–water partition coefficient (Wildman–Crippen LogP) is -1.84. The Morgan fingerprint density at radius 2 is 1.74 bits per heavy atom. The topological polar surface area (TPSA) is 220 Å². The molecule has 1 heterocycles. The quantitative estimate of drug-likeness (QED) is 0.182. The number of likely N-dealkylation sites (tertiary alicyclic amines) is 1. The highest BCUT2D eigenvalue weighted by Gasteiger charge is 2.40. The van der Waals surface area contributed by atoms with Crippen LogP contribution in [0.25, 0.3) is 0 Å². The fourth-order valence-corrected chi connectivity index (χ4v) is 3.75. The van der Waals surface area contributed by atoms with Crippen molar-refractivity contribution >= 4 is 29.7 Å². The molecule has 35 heavy (non-hydrogen) atoms. The Bertz CT molecular complexity index is 951. The molecule has 2 rings (SSSR count). The average molecular weight is 495 g/mol. The molecule has 0 bridgehead atoms. The van der Waals surface area contributed by atoms with Crippen molar-refractivity contribution in [1.29, 1.82) is 0 Å². The third-order valence-electron chi connectivity index (χ3n) is 5.61. The molecule has 5 unspecified atom stereocenters. The molecule has 13 nitrogen and oxygen atoms in total.